The summed E-state index contributed by atoms with van der Waals surface area (Å²) < 4.78 is 6.52. The van der Waals surface area contributed by atoms with Gasteiger partial charge in [0.05, 0.1) is 0 Å². The molecule has 9 aromatic rings. The van der Waals surface area contributed by atoms with Gasteiger partial charge in [-0.15, -0.1) is 0 Å². The number of aromatic nitrogens is 3. The molecular formula is C47H31N3O. The van der Waals surface area contributed by atoms with Gasteiger partial charge in [0.2, 0.25) is 0 Å². The largest absolute Gasteiger partial charge is 0.456 e. The zero-order valence-electron chi connectivity index (χ0n) is 27.8. The minimum atomic E-state index is 0.674. The Morgan fingerprint density at radius 1 is 0.392 bits per heavy atom. The minimum Gasteiger partial charge on any atom is -0.456 e. The number of rotatable bonds is 5. The van der Waals surface area contributed by atoms with Crippen molar-refractivity contribution in [1.82, 2.24) is 15.0 Å². The van der Waals surface area contributed by atoms with E-state index in [-0.39, 0.29) is 0 Å². The van der Waals surface area contributed by atoms with E-state index in [1.54, 1.807) is 0 Å². The fourth-order valence-electron chi connectivity index (χ4n) is 7.61. The van der Waals surface area contributed by atoms with E-state index in [2.05, 4.69) is 140 Å². The molecule has 240 valence electrons. The highest BCUT2D eigenvalue weighted by Crippen LogP contribution is 2.38. The lowest BCUT2D eigenvalue weighted by Gasteiger charge is -2.18. The topological polar surface area (TPSA) is 51.8 Å². The van der Waals surface area contributed by atoms with Crippen LogP contribution in [0.5, 0.6) is 0 Å². The first-order chi connectivity index (χ1) is 25.3. The Hall–Kier alpha value is -6.65. The van der Waals surface area contributed by atoms with E-state index < -0.39 is 0 Å². The molecule has 0 radical (unpaired) electrons. The van der Waals surface area contributed by atoms with Crippen molar-refractivity contribution in [3.05, 3.63) is 186 Å². The Morgan fingerprint density at radius 2 is 1.02 bits per heavy atom. The molecule has 4 nitrogen and oxygen atoms in total. The predicted octanol–water partition coefficient (Wildman–Crippen LogP) is 10.1. The normalized spacial score (nSPS) is 12.9. The zero-order chi connectivity index (χ0) is 33.7. The average Bonchev–Trinajstić information content (AvgIpc) is 3.59. The van der Waals surface area contributed by atoms with E-state index in [1.165, 1.54) is 27.3 Å². The number of hydrogen-bond acceptors (Lipinski definition) is 4. The molecule has 7 aromatic carbocycles. The van der Waals surface area contributed by atoms with Crippen molar-refractivity contribution in [2.45, 2.75) is 12.8 Å². The van der Waals surface area contributed by atoms with E-state index >= 15 is 0 Å². The van der Waals surface area contributed by atoms with Crippen LogP contribution >= 0.6 is 0 Å². The average molecular weight is 654 g/mol. The molecule has 51 heavy (non-hydrogen) atoms. The number of benzene rings is 7. The van der Waals surface area contributed by atoms with Gasteiger partial charge in [0.15, 0.2) is 17.5 Å². The summed E-state index contributed by atoms with van der Waals surface area (Å²) in [5, 5.41) is 7.00. The van der Waals surface area contributed by atoms with Gasteiger partial charge in [-0.25, -0.2) is 15.0 Å². The van der Waals surface area contributed by atoms with Crippen molar-refractivity contribution in [3.8, 4) is 33.9 Å². The molecular weight excluding hydrogens is 623 g/mol. The quantitative estimate of drug-likeness (QED) is 0.186. The van der Waals surface area contributed by atoms with E-state index in [0.29, 0.717) is 11.6 Å². The Bertz CT molecular complexity index is 2910. The number of furan rings is 1. The van der Waals surface area contributed by atoms with Crippen molar-refractivity contribution in [3.63, 3.8) is 0 Å². The molecule has 0 bridgehead atoms. The van der Waals surface area contributed by atoms with Crippen molar-refractivity contribution in [1.29, 1.82) is 0 Å². The molecule has 0 unspecified atom stereocenters. The van der Waals surface area contributed by atoms with Crippen LogP contribution in [0.1, 0.15) is 24.2 Å². The molecule has 0 N–H and O–H groups in total. The van der Waals surface area contributed by atoms with Crippen LogP contribution in [0.2, 0.25) is 0 Å². The van der Waals surface area contributed by atoms with Crippen LogP contribution in [0.25, 0.3) is 77.8 Å². The van der Waals surface area contributed by atoms with Crippen LogP contribution in [0.3, 0.4) is 0 Å². The van der Waals surface area contributed by atoms with Crippen LogP contribution in [0, 0.1) is 0 Å². The second-order valence-corrected chi connectivity index (χ2v) is 13.1. The number of fused-ring (bicyclic) bond motifs is 5. The monoisotopic (exact) mass is 653 g/mol. The zero-order valence-corrected chi connectivity index (χ0v) is 27.8. The van der Waals surface area contributed by atoms with Gasteiger partial charge in [-0.3, -0.25) is 0 Å². The van der Waals surface area contributed by atoms with Crippen molar-refractivity contribution >= 4 is 43.9 Å². The van der Waals surface area contributed by atoms with Crippen molar-refractivity contribution in [2.75, 3.05) is 0 Å². The third-order valence-corrected chi connectivity index (χ3v) is 10.1. The van der Waals surface area contributed by atoms with Crippen LogP contribution in [-0.4, -0.2) is 15.0 Å². The molecule has 1 aliphatic carbocycles. The van der Waals surface area contributed by atoms with Crippen LogP contribution in [0.4, 0.5) is 0 Å². The molecule has 4 heteroatoms. The van der Waals surface area contributed by atoms with E-state index in [1.807, 2.05) is 24.3 Å². The maximum absolute atomic E-state index is 6.52. The SMILES string of the molecule is c1ccc(-c2ccc3c(c2)oc2cccc(C4=c5ccccc5=C(c5nc(-c6ccccc6)nc(-c6ccc7ccccc7c6)n5)CC4)c23)cc1. The fraction of sp³-hybridized carbons (Fsp3) is 0.0426. The summed E-state index contributed by atoms with van der Waals surface area (Å²) in [7, 11) is 0. The van der Waals surface area contributed by atoms with Gasteiger partial charge in [0, 0.05) is 27.5 Å². The molecule has 0 fully saturated rings. The van der Waals surface area contributed by atoms with Gasteiger partial charge < -0.3 is 4.42 Å². The summed E-state index contributed by atoms with van der Waals surface area (Å²) >= 11 is 0. The lowest BCUT2D eigenvalue weighted by molar-refractivity contribution is 0.669. The Labute approximate surface area is 294 Å². The third kappa shape index (κ3) is 5.12. The molecule has 0 aliphatic heterocycles. The first-order valence-electron chi connectivity index (χ1n) is 17.4. The van der Waals surface area contributed by atoms with Gasteiger partial charge in [-0.05, 0) is 80.6 Å². The molecule has 0 saturated heterocycles. The molecule has 0 saturated carbocycles. The molecule has 2 heterocycles. The van der Waals surface area contributed by atoms with E-state index in [9.17, 15) is 0 Å². The second-order valence-electron chi connectivity index (χ2n) is 13.1. The lowest BCUT2D eigenvalue weighted by atomic mass is 9.87. The van der Waals surface area contributed by atoms with Gasteiger partial charge in [0.1, 0.15) is 11.2 Å². The van der Waals surface area contributed by atoms with Crippen LogP contribution in [-0.2, 0) is 0 Å². The first kappa shape index (κ1) is 29.3. The molecule has 1 aliphatic rings. The summed E-state index contributed by atoms with van der Waals surface area (Å²) in [6.45, 7) is 0. The van der Waals surface area contributed by atoms with Gasteiger partial charge in [0.25, 0.3) is 0 Å². The third-order valence-electron chi connectivity index (χ3n) is 10.1. The van der Waals surface area contributed by atoms with Gasteiger partial charge in [-0.2, -0.15) is 0 Å². The van der Waals surface area contributed by atoms with Crippen LogP contribution in [0.15, 0.2) is 168 Å². The summed E-state index contributed by atoms with van der Waals surface area (Å²) in [6.07, 6.45) is 1.64. The Balaban J connectivity index is 1.18. The Morgan fingerprint density at radius 3 is 1.82 bits per heavy atom. The summed E-state index contributed by atoms with van der Waals surface area (Å²) in [5.41, 5.74) is 9.71. The molecule has 0 spiro atoms. The number of nitrogens with zero attached hydrogens (tertiary/aromatic N) is 3. The minimum absolute atomic E-state index is 0.674. The predicted molar refractivity (Wildman–Crippen MR) is 207 cm³/mol. The lowest BCUT2D eigenvalue weighted by Crippen LogP contribution is -2.33. The van der Waals surface area contributed by atoms with Gasteiger partial charge in [-0.1, -0.05) is 140 Å². The van der Waals surface area contributed by atoms with Crippen molar-refractivity contribution in [2.24, 2.45) is 0 Å². The van der Waals surface area contributed by atoms with Gasteiger partial charge >= 0.3 is 0 Å². The number of hydrogen-bond donors (Lipinski definition) is 0. The summed E-state index contributed by atoms with van der Waals surface area (Å²) in [5.74, 6) is 2.07. The Kier molecular flexibility index (Phi) is 6.91. The highest BCUT2D eigenvalue weighted by Gasteiger charge is 2.22. The standard InChI is InChI=1S/C47H31N3O/c1-3-12-30(13-4-1)34-24-25-41-43(29-34)51-42-21-11-20-39(44(41)42)38-26-27-40(37-19-10-9-18-36(37)38)47-49-45(32-15-5-2-6-16-32)48-46(50-47)35-23-22-31-14-7-8-17-33(31)28-35/h1-25,28-29H,26-27H2. The maximum atomic E-state index is 6.52. The molecule has 0 amide bonds. The molecule has 10 rings (SSSR count). The maximum Gasteiger partial charge on any atom is 0.164 e. The first-order valence-corrected chi connectivity index (χ1v) is 17.4. The van der Waals surface area contributed by atoms with Crippen molar-refractivity contribution < 1.29 is 4.42 Å². The smallest absolute Gasteiger partial charge is 0.164 e. The molecule has 2 aromatic heterocycles. The molecule has 0 atom stereocenters. The summed E-state index contributed by atoms with van der Waals surface area (Å²) in [4.78, 5) is 15.4. The van der Waals surface area contributed by atoms with Crippen LogP contribution < -0.4 is 10.4 Å². The summed E-state index contributed by atoms with van der Waals surface area (Å²) in [6, 6.07) is 57.2. The van der Waals surface area contributed by atoms with E-state index in [0.717, 1.165) is 73.5 Å². The highest BCUT2D eigenvalue weighted by molar-refractivity contribution is 6.11. The second kappa shape index (κ2) is 12.0. The highest BCUT2D eigenvalue weighted by atomic mass is 16.3. The fourth-order valence-corrected chi connectivity index (χ4v) is 7.61. The van der Waals surface area contributed by atoms with E-state index in [4.69, 9.17) is 19.4 Å².